The Morgan fingerprint density at radius 1 is 0.810 bits per heavy atom. The molecule has 7 nitrogen and oxygen atoms in total. The molecule has 5 heterocycles. The minimum Gasteiger partial charge on any atom is -0.386 e. The van der Waals surface area contributed by atoms with Crippen LogP contribution < -0.4 is 0 Å². The van der Waals surface area contributed by atoms with Gasteiger partial charge in [-0.1, -0.05) is 78.9 Å². The standard InChI is InChI=1S/C35H40O7/c1-2-8-26-25(36)11-7-13-27-28(39-26)16-17-29-31(40-27)20-32-34(42-29)35(33-30(41-32)12-5-6-18-37-33)38-21-22-14-15-23-9-3-4-10-24(23)19-22/h2-7,9-11,14-17,19,25-36H,1,8,12-13,18,20-21H2/b11-7-/t25-,26+,27+,28-,29+,30-,31-,32+,33-,34+,35+/m0/s1. The number of ether oxygens (including phenoxy) is 6. The maximum absolute atomic E-state index is 10.6. The van der Waals surface area contributed by atoms with Crippen LogP contribution in [0.1, 0.15) is 31.2 Å². The summed E-state index contributed by atoms with van der Waals surface area (Å²) in [7, 11) is 0. The zero-order valence-corrected chi connectivity index (χ0v) is 23.8. The summed E-state index contributed by atoms with van der Waals surface area (Å²) in [5.74, 6) is 0. The van der Waals surface area contributed by atoms with Crippen LogP contribution >= 0.6 is 0 Å². The highest BCUT2D eigenvalue weighted by Gasteiger charge is 2.53. The van der Waals surface area contributed by atoms with E-state index in [1.807, 2.05) is 12.2 Å². The molecule has 7 rings (SSSR count). The van der Waals surface area contributed by atoms with Crippen LogP contribution in [0, 0.1) is 0 Å². The quantitative estimate of drug-likeness (QED) is 0.507. The lowest BCUT2D eigenvalue weighted by Gasteiger charge is -2.50. The second-order valence-electron chi connectivity index (χ2n) is 11.9. The summed E-state index contributed by atoms with van der Waals surface area (Å²) >= 11 is 0. The van der Waals surface area contributed by atoms with Crippen LogP contribution in [0.3, 0.4) is 0 Å². The smallest absolute Gasteiger partial charge is 0.115 e. The van der Waals surface area contributed by atoms with Gasteiger partial charge in [-0.15, -0.1) is 6.58 Å². The summed E-state index contributed by atoms with van der Waals surface area (Å²) in [4.78, 5) is 0. The summed E-state index contributed by atoms with van der Waals surface area (Å²) < 4.78 is 39.5. The van der Waals surface area contributed by atoms with E-state index in [-0.39, 0.29) is 61.0 Å². The molecule has 0 radical (unpaired) electrons. The number of benzene rings is 2. The Labute approximate surface area is 247 Å². The zero-order chi connectivity index (χ0) is 28.5. The van der Waals surface area contributed by atoms with Crippen LogP contribution in [0.2, 0.25) is 0 Å². The van der Waals surface area contributed by atoms with Gasteiger partial charge in [-0.25, -0.2) is 0 Å². The van der Waals surface area contributed by atoms with E-state index in [0.29, 0.717) is 32.5 Å². The molecule has 2 saturated heterocycles. The number of aliphatic hydroxyl groups is 1. The lowest BCUT2D eigenvalue weighted by Crippen LogP contribution is -2.64. The highest BCUT2D eigenvalue weighted by molar-refractivity contribution is 5.82. The van der Waals surface area contributed by atoms with Crippen LogP contribution in [0.15, 0.2) is 91.6 Å². The summed E-state index contributed by atoms with van der Waals surface area (Å²) in [6.07, 6.45) is 13.4. The van der Waals surface area contributed by atoms with E-state index in [4.69, 9.17) is 28.4 Å². The van der Waals surface area contributed by atoms with Gasteiger partial charge in [0.05, 0.1) is 49.8 Å². The van der Waals surface area contributed by atoms with Gasteiger partial charge in [-0.2, -0.15) is 0 Å². The highest BCUT2D eigenvalue weighted by Crippen LogP contribution is 2.40. The molecule has 0 aliphatic carbocycles. The number of rotatable bonds is 5. The molecule has 5 aliphatic heterocycles. The normalized spacial score (nSPS) is 40.3. The Hall–Kier alpha value is -2.62. The van der Waals surface area contributed by atoms with E-state index < -0.39 is 6.10 Å². The van der Waals surface area contributed by atoms with E-state index in [1.165, 1.54) is 10.8 Å². The molecule has 0 bridgehead atoms. The highest BCUT2D eigenvalue weighted by atomic mass is 16.6. The van der Waals surface area contributed by atoms with Crippen molar-refractivity contribution in [3.05, 3.63) is 97.1 Å². The molecule has 0 amide bonds. The third-order valence-electron chi connectivity index (χ3n) is 9.07. The summed E-state index contributed by atoms with van der Waals surface area (Å²) in [6.45, 7) is 4.82. The number of hydrogen-bond acceptors (Lipinski definition) is 7. The van der Waals surface area contributed by atoms with E-state index in [9.17, 15) is 5.11 Å². The van der Waals surface area contributed by atoms with Crippen molar-refractivity contribution < 1.29 is 33.5 Å². The fourth-order valence-corrected chi connectivity index (χ4v) is 6.93. The van der Waals surface area contributed by atoms with Gasteiger partial charge in [-0.3, -0.25) is 0 Å². The predicted molar refractivity (Wildman–Crippen MR) is 159 cm³/mol. The molecule has 42 heavy (non-hydrogen) atoms. The molecule has 7 heteroatoms. The molecule has 2 aromatic rings. The van der Waals surface area contributed by atoms with Gasteiger partial charge in [0, 0.05) is 6.42 Å². The van der Waals surface area contributed by atoms with Gasteiger partial charge < -0.3 is 33.5 Å². The van der Waals surface area contributed by atoms with Crippen molar-refractivity contribution >= 4 is 10.8 Å². The Kier molecular flexibility index (Phi) is 8.41. The molecule has 5 aliphatic rings. The number of hydrogen-bond donors (Lipinski definition) is 1. The van der Waals surface area contributed by atoms with Crippen molar-refractivity contribution in [2.24, 2.45) is 0 Å². The van der Waals surface area contributed by atoms with E-state index in [1.54, 1.807) is 12.2 Å². The second-order valence-corrected chi connectivity index (χ2v) is 11.9. The molecule has 0 spiro atoms. The predicted octanol–water partition coefficient (Wildman–Crippen LogP) is 4.97. The average Bonchev–Trinajstić information content (AvgIpc) is 3.33. The third kappa shape index (κ3) is 5.80. The number of aliphatic hydroxyl groups excluding tert-OH is 1. The van der Waals surface area contributed by atoms with Crippen LogP contribution in [0.5, 0.6) is 0 Å². The minimum atomic E-state index is -0.683. The first-order valence-corrected chi connectivity index (χ1v) is 15.3. The Morgan fingerprint density at radius 3 is 2.50 bits per heavy atom. The van der Waals surface area contributed by atoms with E-state index >= 15 is 0 Å². The van der Waals surface area contributed by atoms with Crippen LogP contribution in [0.4, 0.5) is 0 Å². The molecular formula is C35H40O7. The largest absolute Gasteiger partial charge is 0.386 e. The van der Waals surface area contributed by atoms with Crippen molar-refractivity contribution in [1.29, 1.82) is 0 Å². The van der Waals surface area contributed by atoms with E-state index in [2.05, 4.69) is 67.3 Å². The molecule has 11 atom stereocenters. The molecule has 2 fully saturated rings. The third-order valence-corrected chi connectivity index (χ3v) is 9.07. The van der Waals surface area contributed by atoms with Crippen molar-refractivity contribution in [2.45, 2.75) is 99.4 Å². The van der Waals surface area contributed by atoms with Crippen molar-refractivity contribution in [2.75, 3.05) is 6.61 Å². The van der Waals surface area contributed by atoms with Gasteiger partial charge in [0.2, 0.25) is 0 Å². The summed E-state index contributed by atoms with van der Waals surface area (Å²) in [6, 6.07) is 14.8. The topological polar surface area (TPSA) is 75.6 Å². The molecule has 1 N–H and O–H groups in total. The maximum atomic E-state index is 10.6. The lowest BCUT2D eigenvalue weighted by molar-refractivity contribution is -0.295. The first-order valence-electron chi connectivity index (χ1n) is 15.3. The summed E-state index contributed by atoms with van der Waals surface area (Å²) in [5.41, 5.74) is 1.11. The minimum absolute atomic E-state index is 0.116. The Balaban J connectivity index is 1.12. The Bertz CT molecular complexity index is 1340. The fraction of sp³-hybridized carbons (Fsp3) is 0.486. The zero-order valence-electron chi connectivity index (χ0n) is 23.8. The van der Waals surface area contributed by atoms with Crippen molar-refractivity contribution in [3.63, 3.8) is 0 Å². The molecule has 222 valence electrons. The van der Waals surface area contributed by atoms with Crippen molar-refractivity contribution in [3.8, 4) is 0 Å². The SMILES string of the molecule is C=CC[C@H]1O[C@H]2C=C[C@H]3O[C@H]4[C@H](OCc5ccc6ccccc6c5)[C@H]5OCC=CC[C@@H]5O[C@@H]4C[C@@H]3O[C@@H]2C/C=C\[C@@H]1O. The average molecular weight is 573 g/mol. The second kappa shape index (κ2) is 12.5. The van der Waals surface area contributed by atoms with Gasteiger partial charge in [0.25, 0.3) is 0 Å². The van der Waals surface area contributed by atoms with Gasteiger partial charge in [0.1, 0.15) is 30.5 Å². The first-order chi connectivity index (χ1) is 20.7. The van der Waals surface area contributed by atoms with Gasteiger partial charge in [0.15, 0.2) is 0 Å². The monoisotopic (exact) mass is 572 g/mol. The lowest BCUT2D eigenvalue weighted by atomic mass is 9.87. The summed E-state index contributed by atoms with van der Waals surface area (Å²) in [5, 5.41) is 13.0. The van der Waals surface area contributed by atoms with Gasteiger partial charge in [-0.05, 0) is 41.7 Å². The molecule has 0 aromatic heterocycles. The van der Waals surface area contributed by atoms with Crippen LogP contribution in [0.25, 0.3) is 10.8 Å². The first kappa shape index (κ1) is 28.2. The van der Waals surface area contributed by atoms with Crippen LogP contribution in [-0.4, -0.2) is 78.9 Å². The Morgan fingerprint density at radius 2 is 1.62 bits per heavy atom. The molecule has 0 saturated carbocycles. The maximum Gasteiger partial charge on any atom is 0.115 e. The fourth-order valence-electron chi connectivity index (χ4n) is 6.93. The molecular weight excluding hydrogens is 532 g/mol. The molecule has 0 unspecified atom stereocenters. The van der Waals surface area contributed by atoms with Gasteiger partial charge >= 0.3 is 0 Å². The van der Waals surface area contributed by atoms with E-state index in [0.717, 1.165) is 12.0 Å². The van der Waals surface area contributed by atoms with Crippen molar-refractivity contribution in [1.82, 2.24) is 0 Å². The molecule has 2 aromatic carbocycles. The number of fused-ring (bicyclic) bond motifs is 5. The van der Waals surface area contributed by atoms with Crippen LogP contribution in [-0.2, 0) is 35.0 Å².